The van der Waals surface area contributed by atoms with Gasteiger partial charge in [0.2, 0.25) is 0 Å². The van der Waals surface area contributed by atoms with Crippen molar-refractivity contribution in [2.45, 2.75) is 23.0 Å². The van der Waals surface area contributed by atoms with E-state index in [0.717, 1.165) is 5.56 Å². The fourth-order valence-corrected chi connectivity index (χ4v) is 5.13. The molecule has 1 aromatic heterocycles. The van der Waals surface area contributed by atoms with Gasteiger partial charge in [0.15, 0.2) is 15.0 Å². The molecular weight excluding hydrogens is 370 g/mol. The third-order valence-corrected chi connectivity index (χ3v) is 6.84. The van der Waals surface area contributed by atoms with E-state index in [9.17, 15) is 13.2 Å². The maximum atomic E-state index is 12.3. The van der Waals surface area contributed by atoms with Crippen molar-refractivity contribution in [1.82, 2.24) is 14.8 Å². The third-order valence-electron chi connectivity index (χ3n) is 3.88. The molecule has 0 aliphatic heterocycles. The van der Waals surface area contributed by atoms with E-state index in [2.05, 4.69) is 10.2 Å². The Kier molecular flexibility index (Phi) is 5.95. The Labute approximate surface area is 156 Å². The molecule has 0 radical (unpaired) electrons. The summed E-state index contributed by atoms with van der Waals surface area (Å²) in [7, 11) is -3.34. The molecular formula is C18H19N3O3S2. The number of benzene rings is 2. The van der Waals surface area contributed by atoms with Gasteiger partial charge in [0.25, 0.3) is 0 Å². The second-order valence-corrected chi connectivity index (χ2v) is 8.85. The van der Waals surface area contributed by atoms with Gasteiger partial charge >= 0.3 is 5.69 Å². The second-order valence-electron chi connectivity index (χ2n) is 5.68. The van der Waals surface area contributed by atoms with Crippen LogP contribution in [-0.4, -0.2) is 34.7 Å². The number of aryl methyl sites for hydroxylation is 1. The molecule has 0 spiro atoms. The van der Waals surface area contributed by atoms with Crippen molar-refractivity contribution >= 4 is 21.6 Å². The van der Waals surface area contributed by atoms with Crippen molar-refractivity contribution in [2.24, 2.45) is 0 Å². The molecule has 6 nitrogen and oxygen atoms in total. The van der Waals surface area contributed by atoms with Crippen LogP contribution in [0.4, 0.5) is 0 Å². The highest BCUT2D eigenvalue weighted by Gasteiger charge is 2.15. The molecule has 0 fully saturated rings. The fraction of sp³-hybridized carbons (Fsp3) is 0.222. The number of H-pyrrole nitrogens is 1. The minimum Gasteiger partial charge on any atom is -0.270 e. The van der Waals surface area contributed by atoms with Crippen molar-refractivity contribution in [3.8, 4) is 0 Å². The van der Waals surface area contributed by atoms with E-state index < -0.39 is 9.84 Å². The highest BCUT2D eigenvalue weighted by molar-refractivity contribution is 8.00. The first-order chi connectivity index (χ1) is 12.6. The zero-order valence-corrected chi connectivity index (χ0v) is 15.7. The van der Waals surface area contributed by atoms with Gasteiger partial charge in [-0.1, -0.05) is 60.3 Å². The molecule has 0 aliphatic carbocycles. The molecule has 0 saturated carbocycles. The average molecular weight is 390 g/mol. The highest BCUT2D eigenvalue weighted by Crippen LogP contribution is 2.17. The minimum absolute atomic E-state index is 0.0125. The lowest BCUT2D eigenvalue weighted by molar-refractivity contribution is 0.597. The molecule has 3 rings (SSSR count). The van der Waals surface area contributed by atoms with Crippen molar-refractivity contribution in [1.29, 1.82) is 0 Å². The van der Waals surface area contributed by atoms with Crippen LogP contribution in [0.5, 0.6) is 0 Å². The number of aromatic amines is 1. The summed E-state index contributed by atoms with van der Waals surface area (Å²) in [4.78, 5) is 12.3. The molecule has 0 unspecified atom stereocenters. The first kappa shape index (κ1) is 18.5. The number of sulfone groups is 1. The number of nitrogens with one attached hydrogen (secondary N) is 1. The smallest absolute Gasteiger partial charge is 0.270 e. The van der Waals surface area contributed by atoms with Gasteiger partial charge < -0.3 is 0 Å². The van der Waals surface area contributed by atoms with Crippen LogP contribution in [0, 0.1) is 0 Å². The Morgan fingerprint density at radius 1 is 1.00 bits per heavy atom. The third kappa shape index (κ3) is 4.64. The minimum atomic E-state index is -3.34. The normalized spacial score (nSPS) is 11.5. The SMILES string of the molecule is O=c1[nH]nc(SCCS(=O)(=O)c2ccccc2)n1CCc1ccccc1. The van der Waals surface area contributed by atoms with Crippen LogP contribution >= 0.6 is 11.8 Å². The molecule has 0 amide bonds. The molecule has 0 bridgehead atoms. The quantitative estimate of drug-likeness (QED) is 0.598. The average Bonchev–Trinajstić information content (AvgIpc) is 3.01. The summed E-state index contributed by atoms with van der Waals surface area (Å²) in [6, 6.07) is 18.2. The monoisotopic (exact) mass is 389 g/mol. The zero-order valence-electron chi connectivity index (χ0n) is 14.0. The van der Waals surface area contributed by atoms with Crippen LogP contribution in [0.2, 0.25) is 0 Å². The van der Waals surface area contributed by atoms with Gasteiger partial charge in [0.1, 0.15) is 0 Å². The molecule has 8 heteroatoms. The summed E-state index contributed by atoms with van der Waals surface area (Å²) in [5.41, 5.74) is 0.845. The van der Waals surface area contributed by atoms with E-state index in [1.807, 2.05) is 30.3 Å². The molecule has 0 atom stereocenters. The summed E-state index contributed by atoms with van der Waals surface area (Å²) in [6.07, 6.45) is 0.705. The van der Waals surface area contributed by atoms with Crippen molar-refractivity contribution in [3.63, 3.8) is 0 Å². The predicted molar refractivity (Wildman–Crippen MR) is 102 cm³/mol. The second kappa shape index (κ2) is 8.37. The summed E-state index contributed by atoms with van der Waals surface area (Å²) in [5.74, 6) is 0.314. The standard InChI is InChI=1S/C18H19N3O3S2/c22-17-19-20-18(21(17)12-11-15-7-3-1-4-8-15)25-13-14-26(23,24)16-9-5-2-6-10-16/h1-10H,11-14H2,(H,19,22). The number of aromatic nitrogens is 3. The number of nitrogens with zero attached hydrogens (tertiary/aromatic N) is 2. The van der Waals surface area contributed by atoms with E-state index in [1.54, 1.807) is 34.9 Å². The Morgan fingerprint density at radius 3 is 2.35 bits per heavy atom. The van der Waals surface area contributed by atoms with Gasteiger partial charge in [-0.15, -0.1) is 5.10 Å². The summed E-state index contributed by atoms with van der Waals surface area (Å²) in [6.45, 7) is 0.493. The first-order valence-electron chi connectivity index (χ1n) is 8.16. The summed E-state index contributed by atoms with van der Waals surface area (Å²) < 4.78 is 26.2. The molecule has 0 aliphatic rings. The highest BCUT2D eigenvalue weighted by atomic mass is 32.2. The van der Waals surface area contributed by atoms with E-state index in [0.29, 0.717) is 28.8 Å². The van der Waals surface area contributed by atoms with Crippen LogP contribution in [0.15, 0.2) is 75.5 Å². The van der Waals surface area contributed by atoms with Gasteiger partial charge in [-0.2, -0.15) is 0 Å². The molecule has 3 aromatic rings. The van der Waals surface area contributed by atoms with Crippen molar-refractivity contribution in [3.05, 3.63) is 76.7 Å². The predicted octanol–water partition coefficient (Wildman–Crippen LogP) is 2.38. The van der Waals surface area contributed by atoms with E-state index >= 15 is 0 Å². The molecule has 136 valence electrons. The van der Waals surface area contributed by atoms with Gasteiger partial charge in [-0.3, -0.25) is 4.57 Å². The molecule has 1 heterocycles. The van der Waals surface area contributed by atoms with E-state index in [4.69, 9.17) is 0 Å². The maximum Gasteiger partial charge on any atom is 0.343 e. The van der Waals surface area contributed by atoms with Crippen LogP contribution < -0.4 is 5.69 Å². The van der Waals surface area contributed by atoms with Gasteiger partial charge in [-0.25, -0.2) is 18.3 Å². The Balaban J connectivity index is 1.61. The number of hydrogen-bond donors (Lipinski definition) is 1. The molecule has 26 heavy (non-hydrogen) atoms. The molecule has 2 aromatic carbocycles. The zero-order chi connectivity index (χ0) is 18.4. The topological polar surface area (TPSA) is 84.8 Å². The summed E-state index contributed by atoms with van der Waals surface area (Å²) >= 11 is 1.27. The Hall–Kier alpha value is -2.32. The van der Waals surface area contributed by atoms with Crippen LogP contribution in [-0.2, 0) is 22.8 Å². The van der Waals surface area contributed by atoms with Crippen LogP contribution in [0.3, 0.4) is 0 Å². The molecule has 0 saturated heterocycles. The lowest BCUT2D eigenvalue weighted by Gasteiger charge is -2.06. The fourth-order valence-electron chi connectivity index (χ4n) is 2.48. The summed E-state index contributed by atoms with van der Waals surface area (Å²) in [5, 5.41) is 6.96. The number of thioether (sulfide) groups is 1. The number of hydrogen-bond acceptors (Lipinski definition) is 5. The largest absolute Gasteiger partial charge is 0.343 e. The van der Waals surface area contributed by atoms with E-state index in [-0.39, 0.29) is 11.4 Å². The number of rotatable bonds is 8. The van der Waals surface area contributed by atoms with Gasteiger partial charge in [0.05, 0.1) is 10.6 Å². The Morgan fingerprint density at radius 2 is 1.65 bits per heavy atom. The van der Waals surface area contributed by atoms with Crippen LogP contribution in [0.25, 0.3) is 0 Å². The van der Waals surface area contributed by atoms with E-state index in [1.165, 1.54) is 11.8 Å². The van der Waals surface area contributed by atoms with Gasteiger partial charge in [-0.05, 0) is 24.1 Å². The lowest BCUT2D eigenvalue weighted by Crippen LogP contribution is -2.19. The van der Waals surface area contributed by atoms with Crippen LogP contribution in [0.1, 0.15) is 5.56 Å². The van der Waals surface area contributed by atoms with Crippen molar-refractivity contribution < 1.29 is 8.42 Å². The maximum absolute atomic E-state index is 12.3. The lowest BCUT2D eigenvalue weighted by atomic mass is 10.1. The molecule has 1 N–H and O–H groups in total. The van der Waals surface area contributed by atoms with Crippen molar-refractivity contribution in [2.75, 3.05) is 11.5 Å². The van der Waals surface area contributed by atoms with Gasteiger partial charge in [0, 0.05) is 12.3 Å². The first-order valence-corrected chi connectivity index (χ1v) is 10.8. The Bertz CT molecular complexity index is 997.